The van der Waals surface area contributed by atoms with Gasteiger partial charge in [0.2, 0.25) is 5.91 Å². The predicted molar refractivity (Wildman–Crippen MR) is 130 cm³/mol. The molecule has 2 atom stereocenters. The normalized spacial score (nSPS) is 18.1. The maximum Gasteiger partial charge on any atom is 0.254 e. The Morgan fingerprint density at radius 2 is 1.72 bits per heavy atom. The van der Waals surface area contributed by atoms with E-state index in [-0.39, 0.29) is 11.6 Å². The van der Waals surface area contributed by atoms with Gasteiger partial charge >= 0.3 is 0 Å². The second-order valence-corrected chi connectivity index (χ2v) is 8.74. The summed E-state index contributed by atoms with van der Waals surface area (Å²) in [7, 11) is 0. The molecule has 186 valence electrons. The van der Waals surface area contributed by atoms with Crippen LogP contribution in [0, 0.1) is 11.6 Å². The molecule has 1 N–H and O–H groups in total. The van der Waals surface area contributed by atoms with Gasteiger partial charge in [-0.25, -0.2) is 8.78 Å². The first-order valence-corrected chi connectivity index (χ1v) is 12.0. The molecule has 2 heterocycles. The first-order chi connectivity index (χ1) is 17.4. The molecule has 36 heavy (non-hydrogen) atoms. The van der Waals surface area contributed by atoms with E-state index in [2.05, 4.69) is 5.32 Å². The van der Waals surface area contributed by atoms with Crippen molar-refractivity contribution < 1.29 is 27.8 Å². The molecule has 0 saturated heterocycles. The summed E-state index contributed by atoms with van der Waals surface area (Å²) in [6, 6.07) is 13.1. The Morgan fingerprint density at radius 1 is 1.00 bits per heavy atom. The van der Waals surface area contributed by atoms with Gasteiger partial charge in [-0.05, 0) is 67.3 Å². The lowest BCUT2D eigenvalue weighted by atomic mass is 9.75. The molecule has 0 aliphatic carbocycles. The lowest BCUT2D eigenvalue weighted by molar-refractivity contribution is -0.119. The average molecular weight is 493 g/mol. The third-order valence-electron chi connectivity index (χ3n) is 6.66. The zero-order chi connectivity index (χ0) is 25.4. The number of nitrogens with zero attached hydrogens (tertiary/aromatic N) is 1. The van der Waals surface area contributed by atoms with E-state index in [9.17, 15) is 18.4 Å². The van der Waals surface area contributed by atoms with Crippen molar-refractivity contribution in [2.24, 2.45) is 0 Å². The molecular formula is C28H26F2N2O4. The number of rotatable bonds is 6. The van der Waals surface area contributed by atoms with Crippen molar-refractivity contribution in [1.29, 1.82) is 0 Å². The first kappa shape index (κ1) is 23.8. The molecule has 2 amide bonds. The number of benzene rings is 3. The number of fused-ring (bicyclic) bond motifs is 4. The van der Waals surface area contributed by atoms with Crippen LogP contribution >= 0.6 is 0 Å². The predicted octanol–water partition coefficient (Wildman–Crippen LogP) is 5.24. The minimum Gasteiger partial charge on any atom is -0.490 e. The molecule has 0 bridgehead atoms. The number of hydrogen-bond donors (Lipinski definition) is 1. The Bertz CT molecular complexity index is 1340. The molecule has 3 aromatic rings. The lowest BCUT2D eigenvalue weighted by Crippen LogP contribution is -2.49. The van der Waals surface area contributed by atoms with Crippen LogP contribution in [0.5, 0.6) is 11.5 Å². The van der Waals surface area contributed by atoms with Crippen molar-refractivity contribution in [3.63, 3.8) is 0 Å². The molecule has 3 aromatic carbocycles. The molecule has 2 aliphatic rings. The van der Waals surface area contributed by atoms with Crippen LogP contribution in [0.4, 0.5) is 14.5 Å². The van der Waals surface area contributed by atoms with Gasteiger partial charge in [-0.3, -0.25) is 9.59 Å². The smallest absolute Gasteiger partial charge is 0.254 e. The number of halogens is 2. The fourth-order valence-electron chi connectivity index (χ4n) is 5.16. The topological polar surface area (TPSA) is 67.9 Å². The Labute approximate surface area is 207 Å². The second kappa shape index (κ2) is 9.60. The first-order valence-electron chi connectivity index (χ1n) is 12.0. The van der Waals surface area contributed by atoms with Gasteiger partial charge in [-0.15, -0.1) is 0 Å². The highest BCUT2D eigenvalue weighted by atomic mass is 19.1. The molecule has 0 spiro atoms. The highest BCUT2D eigenvalue weighted by molar-refractivity contribution is 6.04. The zero-order valence-corrected chi connectivity index (χ0v) is 20.0. The summed E-state index contributed by atoms with van der Waals surface area (Å²) in [6.07, 6.45) is 0.590. The van der Waals surface area contributed by atoms with Gasteiger partial charge in [-0.1, -0.05) is 18.2 Å². The minimum absolute atomic E-state index is 0.125. The van der Waals surface area contributed by atoms with E-state index in [4.69, 9.17) is 9.47 Å². The summed E-state index contributed by atoms with van der Waals surface area (Å²) >= 11 is 0. The molecule has 0 unspecified atom stereocenters. The molecule has 0 radical (unpaired) electrons. The van der Waals surface area contributed by atoms with Gasteiger partial charge in [0.05, 0.1) is 30.9 Å². The standard InChI is InChI=1S/C28H26F2N2O4/c1-3-35-23-13-16-11-12-32-26(20(16)15-24(23)36-4-2)25(18-7-5-6-8-19(18)28(32)34)27(33)31-22-10-9-17(29)14-21(22)30/h5-10,13-15,25-26H,3-4,11-12H2,1-2H3,(H,31,33)/t25-,26-/m0/s1. The molecule has 0 saturated carbocycles. The number of carbonyl (C=O) groups is 2. The largest absolute Gasteiger partial charge is 0.490 e. The minimum atomic E-state index is -0.871. The number of hydrogen-bond acceptors (Lipinski definition) is 4. The highest BCUT2D eigenvalue weighted by Gasteiger charge is 2.46. The third kappa shape index (κ3) is 4.06. The summed E-state index contributed by atoms with van der Waals surface area (Å²) in [5.74, 6) is -1.93. The van der Waals surface area contributed by atoms with E-state index in [0.29, 0.717) is 48.8 Å². The van der Waals surface area contributed by atoms with Crippen LogP contribution in [0.25, 0.3) is 0 Å². The van der Waals surface area contributed by atoms with Crippen LogP contribution in [0.2, 0.25) is 0 Å². The van der Waals surface area contributed by atoms with Gasteiger partial charge in [0.1, 0.15) is 11.6 Å². The van der Waals surface area contributed by atoms with Crippen LogP contribution in [0.15, 0.2) is 54.6 Å². The van der Waals surface area contributed by atoms with Gasteiger partial charge in [-0.2, -0.15) is 0 Å². The van der Waals surface area contributed by atoms with Gasteiger partial charge in [0.25, 0.3) is 5.91 Å². The highest BCUT2D eigenvalue weighted by Crippen LogP contribution is 2.48. The monoisotopic (exact) mass is 492 g/mol. The molecule has 5 rings (SSSR count). The van der Waals surface area contributed by atoms with Crippen molar-refractivity contribution in [3.8, 4) is 11.5 Å². The van der Waals surface area contributed by atoms with E-state index in [1.807, 2.05) is 26.0 Å². The number of carbonyl (C=O) groups excluding carboxylic acids is 2. The van der Waals surface area contributed by atoms with Crippen molar-refractivity contribution in [2.75, 3.05) is 25.1 Å². The fourth-order valence-corrected chi connectivity index (χ4v) is 5.16. The van der Waals surface area contributed by atoms with E-state index >= 15 is 0 Å². The van der Waals surface area contributed by atoms with E-state index in [1.54, 1.807) is 29.2 Å². The maximum absolute atomic E-state index is 14.4. The van der Waals surface area contributed by atoms with Crippen LogP contribution in [-0.4, -0.2) is 36.5 Å². The van der Waals surface area contributed by atoms with Crippen LogP contribution in [0.3, 0.4) is 0 Å². The van der Waals surface area contributed by atoms with Crippen molar-refractivity contribution in [1.82, 2.24) is 4.90 Å². The van der Waals surface area contributed by atoms with E-state index in [1.165, 1.54) is 6.07 Å². The zero-order valence-electron chi connectivity index (χ0n) is 20.0. The Kier molecular flexibility index (Phi) is 6.35. The Morgan fingerprint density at radius 3 is 2.44 bits per heavy atom. The maximum atomic E-state index is 14.4. The van der Waals surface area contributed by atoms with Crippen molar-refractivity contribution in [3.05, 3.63) is 88.5 Å². The Balaban J connectivity index is 1.64. The molecule has 0 aromatic heterocycles. The van der Waals surface area contributed by atoms with Gasteiger partial charge < -0.3 is 19.7 Å². The lowest BCUT2D eigenvalue weighted by Gasteiger charge is -2.45. The number of ether oxygens (including phenoxy) is 2. The van der Waals surface area contributed by atoms with Gasteiger partial charge in [0.15, 0.2) is 11.5 Å². The van der Waals surface area contributed by atoms with E-state index in [0.717, 1.165) is 23.3 Å². The number of anilines is 1. The molecule has 8 heteroatoms. The summed E-state index contributed by atoms with van der Waals surface area (Å²) in [6.45, 7) is 5.06. The number of nitrogens with one attached hydrogen (secondary N) is 1. The molecular weight excluding hydrogens is 466 g/mol. The fraction of sp³-hybridized carbons (Fsp3) is 0.286. The van der Waals surface area contributed by atoms with E-state index < -0.39 is 29.5 Å². The third-order valence-corrected chi connectivity index (χ3v) is 6.66. The SMILES string of the molecule is CCOc1cc2c(cc1OCC)[C@H]1[C@@H](C(=O)Nc3ccc(F)cc3F)c3ccccc3C(=O)N1CC2. The summed E-state index contributed by atoms with van der Waals surface area (Å²) in [5, 5.41) is 2.62. The average Bonchev–Trinajstić information content (AvgIpc) is 2.86. The van der Waals surface area contributed by atoms with Crippen LogP contribution in [0.1, 0.15) is 52.9 Å². The van der Waals surface area contributed by atoms with Crippen molar-refractivity contribution >= 4 is 17.5 Å². The Hall–Kier alpha value is -3.94. The van der Waals surface area contributed by atoms with Crippen molar-refractivity contribution in [2.45, 2.75) is 32.2 Å². The molecule has 6 nitrogen and oxygen atoms in total. The quantitative estimate of drug-likeness (QED) is 0.511. The summed E-state index contributed by atoms with van der Waals surface area (Å²) in [5.41, 5.74) is 2.62. The number of amides is 2. The molecule has 2 aliphatic heterocycles. The second-order valence-electron chi connectivity index (χ2n) is 8.74. The summed E-state index contributed by atoms with van der Waals surface area (Å²) in [4.78, 5) is 28.9. The van der Waals surface area contributed by atoms with Crippen LogP contribution < -0.4 is 14.8 Å². The molecule has 0 fully saturated rings. The van der Waals surface area contributed by atoms with Gasteiger partial charge in [0, 0.05) is 18.2 Å². The van der Waals surface area contributed by atoms with Crippen LogP contribution in [-0.2, 0) is 11.2 Å². The summed E-state index contributed by atoms with van der Waals surface area (Å²) < 4.78 is 39.5.